The Balaban J connectivity index is 2.08. The summed E-state index contributed by atoms with van der Waals surface area (Å²) >= 11 is 6.98. The van der Waals surface area contributed by atoms with Crippen LogP contribution < -0.4 is 5.73 Å². The molecule has 0 unspecified atom stereocenters. The SMILES string of the molecule is C[C@@H]1[C@@](C)(C(=O)N(C)C)SC(N)=N[C@]1(C)c1cc(/C=C(\F)c2ccc(Cl)cn2)ccc1F. The summed E-state index contributed by atoms with van der Waals surface area (Å²) in [5.41, 5.74) is 5.74. The Bertz CT molecular complexity index is 1110. The first-order valence-electron chi connectivity index (χ1n) is 9.93. The second-order valence-electron chi connectivity index (χ2n) is 8.32. The Morgan fingerprint density at radius 3 is 2.56 bits per heavy atom. The third-order valence-corrected chi connectivity index (χ3v) is 7.44. The van der Waals surface area contributed by atoms with Crippen molar-refractivity contribution >= 4 is 46.3 Å². The van der Waals surface area contributed by atoms with E-state index in [2.05, 4.69) is 9.98 Å². The molecule has 0 aliphatic carbocycles. The maximum atomic E-state index is 15.1. The first-order chi connectivity index (χ1) is 14.9. The molecule has 2 N–H and O–H groups in total. The summed E-state index contributed by atoms with van der Waals surface area (Å²) < 4.78 is 28.8. The van der Waals surface area contributed by atoms with Crippen LogP contribution in [0.3, 0.4) is 0 Å². The van der Waals surface area contributed by atoms with Gasteiger partial charge in [0.2, 0.25) is 5.91 Å². The Morgan fingerprint density at radius 2 is 1.97 bits per heavy atom. The van der Waals surface area contributed by atoms with Gasteiger partial charge in [-0.05, 0) is 49.8 Å². The molecule has 1 aliphatic heterocycles. The highest BCUT2D eigenvalue weighted by molar-refractivity contribution is 8.15. The molecule has 0 spiro atoms. The second kappa shape index (κ2) is 8.83. The third kappa shape index (κ3) is 4.38. The van der Waals surface area contributed by atoms with Crippen molar-refractivity contribution in [2.45, 2.75) is 31.1 Å². The highest BCUT2D eigenvalue weighted by Crippen LogP contribution is 2.51. The third-order valence-electron chi connectivity index (χ3n) is 5.96. The van der Waals surface area contributed by atoms with Gasteiger partial charge in [0.25, 0.3) is 0 Å². The number of carbonyl (C=O) groups excluding carboxylic acids is 1. The van der Waals surface area contributed by atoms with Crippen molar-refractivity contribution in [2.75, 3.05) is 14.1 Å². The van der Waals surface area contributed by atoms with Gasteiger partial charge in [-0.15, -0.1) is 0 Å². The van der Waals surface area contributed by atoms with E-state index in [1.54, 1.807) is 27.9 Å². The smallest absolute Gasteiger partial charge is 0.238 e. The van der Waals surface area contributed by atoms with E-state index in [0.29, 0.717) is 10.6 Å². The number of aromatic nitrogens is 1. The quantitative estimate of drug-likeness (QED) is 0.663. The Hall–Kier alpha value is -2.45. The molecule has 1 aromatic heterocycles. The number of hydrogen-bond acceptors (Lipinski definition) is 5. The first kappa shape index (κ1) is 24.2. The lowest BCUT2D eigenvalue weighted by Crippen LogP contribution is -2.56. The van der Waals surface area contributed by atoms with Crippen LogP contribution >= 0.6 is 23.4 Å². The van der Waals surface area contributed by atoms with Gasteiger partial charge in [-0.1, -0.05) is 36.4 Å². The number of benzene rings is 1. The van der Waals surface area contributed by atoms with Crippen molar-refractivity contribution in [1.82, 2.24) is 9.88 Å². The fourth-order valence-electron chi connectivity index (χ4n) is 3.91. The number of pyridine rings is 1. The number of halogens is 3. The number of amidine groups is 1. The van der Waals surface area contributed by atoms with E-state index in [1.165, 1.54) is 59.3 Å². The number of nitrogens with two attached hydrogens (primary N) is 1. The van der Waals surface area contributed by atoms with Crippen LogP contribution in [0, 0.1) is 11.7 Å². The average molecular weight is 479 g/mol. The van der Waals surface area contributed by atoms with E-state index < -0.39 is 27.8 Å². The lowest BCUT2D eigenvalue weighted by atomic mass is 9.73. The highest BCUT2D eigenvalue weighted by atomic mass is 35.5. The van der Waals surface area contributed by atoms with Crippen LogP contribution in [0.1, 0.15) is 37.6 Å². The summed E-state index contributed by atoms with van der Waals surface area (Å²) in [6.07, 6.45) is 2.62. The number of carbonyl (C=O) groups is 1. The van der Waals surface area contributed by atoms with Gasteiger partial charge < -0.3 is 10.6 Å². The first-order valence-corrected chi connectivity index (χ1v) is 11.1. The molecule has 1 aliphatic rings. The Labute approximate surface area is 195 Å². The van der Waals surface area contributed by atoms with E-state index in [9.17, 15) is 9.18 Å². The molecule has 3 rings (SSSR count). The van der Waals surface area contributed by atoms with Crippen LogP contribution in [0.25, 0.3) is 11.9 Å². The van der Waals surface area contributed by atoms with Gasteiger partial charge in [0.1, 0.15) is 16.4 Å². The normalized spacial score (nSPS) is 25.9. The summed E-state index contributed by atoms with van der Waals surface area (Å²) in [5, 5.41) is 0.591. The van der Waals surface area contributed by atoms with Crippen molar-refractivity contribution < 1.29 is 13.6 Å². The van der Waals surface area contributed by atoms with Crippen LogP contribution in [0.4, 0.5) is 8.78 Å². The van der Waals surface area contributed by atoms with Crippen LogP contribution in [-0.2, 0) is 10.3 Å². The minimum atomic E-state index is -1.14. The van der Waals surface area contributed by atoms with Crippen molar-refractivity contribution in [2.24, 2.45) is 16.6 Å². The molecule has 0 bridgehead atoms. The lowest BCUT2D eigenvalue weighted by Gasteiger charge is -2.47. The molecule has 0 saturated heterocycles. The molecule has 0 fully saturated rings. The van der Waals surface area contributed by atoms with Gasteiger partial charge in [-0.25, -0.2) is 8.78 Å². The van der Waals surface area contributed by atoms with Crippen molar-refractivity contribution in [3.8, 4) is 0 Å². The van der Waals surface area contributed by atoms with Gasteiger partial charge in [0.15, 0.2) is 5.17 Å². The maximum Gasteiger partial charge on any atom is 0.238 e. The molecule has 2 heterocycles. The number of amides is 1. The van der Waals surface area contributed by atoms with E-state index in [1.807, 2.05) is 6.92 Å². The van der Waals surface area contributed by atoms with Crippen molar-refractivity contribution in [3.63, 3.8) is 0 Å². The zero-order valence-corrected chi connectivity index (χ0v) is 20.1. The number of aliphatic imine (C=N–C) groups is 1. The fraction of sp³-hybridized carbons (Fsp3) is 0.348. The van der Waals surface area contributed by atoms with Gasteiger partial charge in [0, 0.05) is 31.8 Å². The summed E-state index contributed by atoms with van der Waals surface area (Å²) in [6.45, 7) is 5.39. The minimum absolute atomic E-state index is 0.111. The standard InChI is InChI=1S/C23H25ClF2N4OS/c1-13-22(2,29-21(27)32-23(13,3)20(31)30(4)5)16-10-14(6-8-17(16)25)11-18(26)19-9-7-15(24)12-28-19/h6-13H,1-5H3,(H2,27,29)/b18-11-/t13-,22-,23-/m0/s1. The molecule has 2 aromatic rings. The van der Waals surface area contributed by atoms with E-state index in [4.69, 9.17) is 17.3 Å². The molecule has 9 heteroatoms. The predicted octanol–water partition coefficient (Wildman–Crippen LogP) is 5.10. The molecular weight excluding hydrogens is 454 g/mol. The largest absolute Gasteiger partial charge is 0.378 e. The summed E-state index contributed by atoms with van der Waals surface area (Å²) in [6, 6.07) is 7.27. The number of rotatable bonds is 4. The number of nitrogens with zero attached hydrogens (tertiary/aromatic N) is 3. The van der Waals surface area contributed by atoms with Crippen molar-refractivity contribution in [1.29, 1.82) is 0 Å². The molecule has 1 amide bonds. The zero-order valence-electron chi connectivity index (χ0n) is 18.5. The van der Waals surface area contributed by atoms with Crippen molar-refractivity contribution in [3.05, 3.63) is 64.2 Å². The summed E-state index contributed by atoms with van der Waals surface area (Å²) in [5.74, 6) is -1.66. The van der Waals surface area contributed by atoms with Crippen LogP contribution in [-0.4, -0.2) is 39.8 Å². The fourth-order valence-corrected chi connectivity index (χ4v) is 5.37. The molecule has 5 nitrogen and oxygen atoms in total. The number of hydrogen-bond donors (Lipinski definition) is 1. The molecule has 0 saturated carbocycles. The minimum Gasteiger partial charge on any atom is -0.378 e. The average Bonchev–Trinajstić information content (AvgIpc) is 2.73. The van der Waals surface area contributed by atoms with Gasteiger partial charge in [-0.3, -0.25) is 14.8 Å². The monoisotopic (exact) mass is 478 g/mol. The Kier molecular flexibility index (Phi) is 6.67. The zero-order chi connectivity index (χ0) is 23.8. The lowest BCUT2D eigenvalue weighted by molar-refractivity contribution is -0.132. The summed E-state index contributed by atoms with van der Waals surface area (Å²) in [4.78, 5) is 23.0. The van der Waals surface area contributed by atoms with Gasteiger partial charge >= 0.3 is 0 Å². The molecule has 1 aromatic carbocycles. The highest BCUT2D eigenvalue weighted by Gasteiger charge is 2.54. The van der Waals surface area contributed by atoms with Crippen LogP contribution in [0.15, 0.2) is 41.5 Å². The molecule has 170 valence electrons. The second-order valence-corrected chi connectivity index (χ2v) is 10.2. The molecule has 32 heavy (non-hydrogen) atoms. The number of thioether (sulfide) groups is 1. The topological polar surface area (TPSA) is 71.6 Å². The van der Waals surface area contributed by atoms with Gasteiger partial charge in [0.05, 0.1) is 16.3 Å². The van der Waals surface area contributed by atoms with Crippen LogP contribution in [0.2, 0.25) is 5.02 Å². The predicted molar refractivity (Wildman–Crippen MR) is 127 cm³/mol. The van der Waals surface area contributed by atoms with E-state index >= 15 is 4.39 Å². The molecule has 0 radical (unpaired) electrons. The van der Waals surface area contributed by atoms with E-state index in [0.717, 1.165) is 0 Å². The van der Waals surface area contributed by atoms with Gasteiger partial charge in [-0.2, -0.15) is 0 Å². The maximum absolute atomic E-state index is 15.1. The molecular formula is C23H25ClF2N4OS. The Morgan fingerprint density at radius 1 is 1.28 bits per heavy atom. The van der Waals surface area contributed by atoms with E-state index in [-0.39, 0.29) is 22.3 Å². The van der Waals surface area contributed by atoms with Crippen LogP contribution in [0.5, 0.6) is 0 Å². The molecule has 3 atom stereocenters. The summed E-state index contributed by atoms with van der Waals surface area (Å²) in [7, 11) is 3.33.